The molecule has 284 valence electrons. The summed E-state index contributed by atoms with van der Waals surface area (Å²) < 4.78 is 12.6. The second-order valence-corrected chi connectivity index (χ2v) is 14.1. The molecule has 0 saturated carbocycles. The van der Waals surface area contributed by atoms with E-state index >= 15 is 0 Å². The zero-order valence-corrected chi connectivity index (χ0v) is 32.1. The lowest BCUT2D eigenvalue weighted by Crippen LogP contribution is -2.35. The van der Waals surface area contributed by atoms with Crippen LogP contribution in [0.4, 0.5) is 4.79 Å². The van der Waals surface area contributed by atoms with Crippen molar-refractivity contribution in [2.45, 2.75) is 194 Å². The molecule has 0 radical (unpaired) electrons. The van der Waals surface area contributed by atoms with Crippen molar-refractivity contribution in [3.63, 3.8) is 0 Å². The number of hydrogen-bond donors (Lipinski definition) is 0. The summed E-state index contributed by atoms with van der Waals surface area (Å²) in [4.78, 5) is 43.6. The molecule has 0 fully saturated rings. The molecule has 0 aliphatic rings. The van der Waals surface area contributed by atoms with Gasteiger partial charge in [0.1, 0.15) is 6.33 Å². The van der Waals surface area contributed by atoms with Crippen molar-refractivity contribution in [1.29, 1.82) is 0 Å². The van der Waals surface area contributed by atoms with Gasteiger partial charge >= 0.3 is 18.0 Å². The number of nitrogens with zero attached hydrogens (tertiary/aromatic N) is 3. The number of hydrogen-bond acceptors (Lipinski definition) is 6. The van der Waals surface area contributed by atoms with E-state index in [9.17, 15) is 14.4 Å². The molecule has 0 aliphatic carbocycles. The molecule has 49 heavy (non-hydrogen) atoms. The minimum absolute atomic E-state index is 0.0828. The molecule has 0 saturated heterocycles. The fourth-order valence-corrected chi connectivity index (χ4v) is 6.39. The molecule has 1 rings (SSSR count). The second-order valence-electron chi connectivity index (χ2n) is 14.1. The van der Waals surface area contributed by atoms with Gasteiger partial charge in [-0.2, -0.15) is 0 Å². The monoisotopic (exact) mass is 690 g/mol. The average Bonchev–Trinajstić information content (AvgIpc) is 3.65. The van der Waals surface area contributed by atoms with Crippen LogP contribution in [0.25, 0.3) is 0 Å². The highest BCUT2D eigenvalue weighted by Gasteiger charge is 2.15. The topological polar surface area (TPSA) is 90.7 Å². The van der Waals surface area contributed by atoms with Crippen LogP contribution in [0, 0.1) is 5.92 Å². The number of carbonyl (C=O) groups is 3. The first-order valence-corrected chi connectivity index (χ1v) is 20.6. The highest BCUT2D eigenvalue weighted by atomic mass is 16.5. The lowest BCUT2D eigenvalue weighted by atomic mass is 9.92. The maximum absolute atomic E-state index is 13.1. The van der Waals surface area contributed by atoms with Crippen molar-refractivity contribution in [1.82, 2.24) is 14.5 Å². The van der Waals surface area contributed by atoms with Gasteiger partial charge in [0.25, 0.3) is 0 Å². The summed E-state index contributed by atoms with van der Waals surface area (Å²) in [5, 5.41) is 0. The molecular weight excluding hydrogens is 614 g/mol. The first kappa shape index (κ1) is 44.6. The zero-order valence-electron chi connectivity index (χ0n) is 32.1. The molecule has 0 spiro atoms. The predicted octanol–water partition coefficient (Wildman–Crippen LogP) is 11.4. The van der Waals surface area contributed by atoms with Crippen LogP contribution in [0.3, 0.4) is 0 Å². The zero-order chi connectivity index (χ0) is 35.6. The number of aromatic nitrogens is 2. The summed E-state index contributed by atoms with van der Waals surface area (Å²) in [5.41, 5.74) is 0. The van der Waals surface area contributed by atoms with E-state index < -0.39 is 0 Å². The fourth-order valence-electron chi connectivity index (χ4n) is 6.39. The maximum Gasteiger partial charge on any atom is 0.329 e. The van der Waals surface area contributed by atoms with E-state index in [-0.39, 0.29) is 18.0 Å². The first-order chi connectivity index (χ1) is 24.0. The number of imidazole rings is 1. The number of rotatable bonds is 34. The average molecular weight is 690 g/mol. The maximum atomic E-state index is 13.1. The van der Waals surface area contributed by atoms with Gasteiger partial charge in [-0.25, -0.2) is 9.78 Å². The summed E-state index contributed by atoms with van der Waals surface area (Å²) in [6.07, 6.45) is 34.3. The normalized spacial score (nSPS) is 11.3. The van der Waals surface area contributed by atoms with Crippen LogP contribution in [-0.4, -0.2) is 58.7 Å². The Balaban J connectivity index is 2.26. The van der Waals surface area contributed by atoms with Gasteiger partial charge in [0.2, 0.25) is 0 Å². The number of unbranched alkanes of at least 4 members (excludes halogenated alkanes) is 17. The van der Waals surface area contributed by atoms with Crippen LogP contribution in [0.5, 0.6) is 0 Å². The Kier molecular flexibility index (Phi) is 29.9. The Morgan fingerprint density at radius 2 is 1.04 bits per heavy atom. The van der Waals surface area contributed by atoms with Gasteiger partial charge in [-0.1, -0.05) is 143 Å². The third-order valence-corrected chi connectivity index (χ3v) is 9.60. The first-order valence-electron chi connectivity index (χ1n) is 20.6. The molecule has 0 atom stereocenters. The van der Waals surface area contributed by atoms with Gasteiger partial charge in [-0.05, 0) is 44.4 Å². The highest BCUT2D eigenvalue weighted by Crippen LogP contribution is 2.22. The quantitative estimate of drug-likeness (QED) is 0.0528. The van der Waals surface area contributed by atoms with E-state index in [1.54, 1.807) is 12.4 Å². The molecule has 1 heterocycles. The molecule has 0 aromatic carbocycles. The second kappa shape index (κ2) is 32.8. The molecule has 0 unspecified atom stereocenters. The van der Waals surface area contributed by atoms with Crippen LogP contribution in [-0.2, 0) is 19.1 Å². The van der Waals surface area contributed by atoms with Gasteiger partial charge in [0, 0.05) is 38.3 Å². The molecule has 0 aliphatic heterocycles. The molecule has 1 amide bonds. The van der Waals surface area contributed by atoms with Crippen molar-refractivity contribution in [3.05, 3.63) is 18.7 Å². The van der Waals surface area contributed by atoms with Crippen molar-refractivity contribution < 1.29 is 23.9 Å². The lowest BCUT2D eigenvalue weighted by Gasteiger charge is -2.22. The van der Waals surface area contributed by atoms with E-state index in [1.807, 2.05) is 4.90 Å². The molecule has 8 heteroatoms. The van der Waals surface area contributed by atoms with E-state index in [2.05, 4.69) is 25.8 Å². The fraction of sp³-hybridized carbons (Fsp3) is 0.854. The summed E-state index contributed by atoms with van der Waals surface area (Å²) in [5.74, 6) is 0.453. The molecule has 1 aromatic rings. The third kappa shape index (κ3) is 26.1. The van der Waals surface area contributed by atoms with Crippen molar-refractivity contribution >= 4 is 18.0 Å². The summed E-state index contributed by atoms with van der Waals surface area (Å²) in [6, 6.07) is -0.0828. The van der Waals surface area contributed by atoms with E-state index in [4.69, 9.17) is 9.47 Å². The Morgan fingerprint density at radius 3 is 1.55 bits per heavy atom. The van der Waals surface area contributed by atoms with Crippen LogP contribution in [0.2, 0.25) is 0 Å². The van der Waals surface area contributed by atoms with Gasteiger partial charge in [-0.3, -0.25) is 14.2 Å². The Labute approximate surface area is 300 Å². The molecule has 1 aromatic heterocycles. The van der Waals surface area contributed by atoms with Crippen LogP contribution in [0.1, 0.15) is 194 Å². The summed E-state index contributed by atoms with van der Waals surface area (Å²) in [7, 11) is 0. The van der Waals surface area contributed by atoms with Crippen molar-refractivity contribution in [2.75, 3.05) is 26.3 Å². The minimum Gasteiger partial charge on any atom is -0.466 e. The standard InChI is InChI=1S/C41H75N3O5/c1-4-7-10-13-14-15-16-25-35-48-39(45)28-21-17-23-32-43(41(47)44-34-31-42-37-44)33-24-18-22-29-40(46)49-36-30-38(26-19-11-8-5-2)27-20-12-9-6-3/h31,34,37-38H,4-30,32-33,35-36H2,1-3H3. The van der Waals surface area contributed by atoms with Gasteiger partial charge in [0.05, 0.1) is 13.2 Å². The van der Waals surface area contributed by atoms with Gasteiger partial charge in [0.15, 0.2) is 0 Å². The number of amides is 1. The molecular formula is C41H75N3O5. The lowest BCUT2D eigenvalue weighted by molar-refractivity contribution is -0.145. The summed E-state index contributed by atoms with van der Waals surface area (Å²) >= 11 is 0. The van der Waals surface area contributed by atoms with Crippen LogP contribution < -0.4 is 0 Å². The Morgan fingerprint density at radius 1 is 0.571 bits per heavy atom. The van der Waals surface area contributed by atoms with Crippen LogP contribution >= 0.6 is 0 Å². The van der Waals surface area contributed by atoms with Crippen LogP contribution in [0.15, 0.2) is 18.7 Å². The van der Waals surface area contributed by atoms with E-state index in [0.717, 1.165) is 57.8 Å². The molecule has 8 nitrogen and oxygen atoms in total. The van der Waals surface area contributed by atoms with Gasteiger partial charge < -0.3 is 14.4 Å². The largest absolute Gasteiger partial charge is 0.466 e. The highest BCUT2D eigenvalue weighted by molar-refractivity contribution is 5.76. The van der Waals surface area contributed by atoms with E-state index in [0.29, 0.717) is 45.1 Å². The molecule has 0 bridgehead atoms. The Bertz CT molecular complexity index is 895. The smallest absolute Gasteiger partial charge is 0.329 e. The Hall–Kier alpha value is -2.38. The SMILES string of the molecule is CCCCCCCCCCOC(=O)CCCCCN(CCCCCC(=O)OCCC(CCCCCC)CCCCCC)C(=O)n1ccnc1. The minimum atomic E-state index is -0.113. The van der Waals surface area contributed by atoms with Crippen molar-refractivity contribution in [3.8, 4) is 0 Å². The van der Waals surface area contributed by atoms with E-state index in [1.165, 1.54) is 114 Å². The number of ether oxygens (including phenoxy) is 2. The molecule has 0 N–H and O–H groups in total. The van der Waals surface area contributed by atoms with Crippen molar-refractivity contribution in [2.24, 2.45) is 5.92 Å². The van der Waals surface area contributed by atoms with Gasteiger partial charge in [-0.15, -0.1) is 0 Å². The number of carbonyl (C=O) groups excluding carboxylic acids is 3. The predicted molar refractivity (Wildman–Crippen MR) is 202 cm³/mol. The third-order valence-electron chi connectivity index (χ3n) is 9.60. The number of esters is 2. The summed E-state index contributed by atoms with van der Waals surface area (Å²) in [6.45, 7) is 9.06.